The van der Waals surface area contributed by atoms with Crippen LogP contribution in [0.5, 0.6) is 5.75 Å². The van der Waals surface area contributed by atoms with Crippen LogP contribution in [0.1, 0.15) is 37.3 Å². The number of hydrogen-bond acceptors (Lipinski definition) is 6. The smallest absolute Gasteiger partial charge is 0.325 e. The lowest BCUT2D eigenvalue weighted by Crippen LogP contribution is -2.38. The van der Waals surface area contributed by atoms with E-state index in [-0.39, 0.29) is 12.5 Å². The molecule has 3 amide bonds. The van der Waals surface area contributed by atoms with Crippen molar-refractivity contribution in [1.29, 1.82) is 0 Å². The third-order valence-electron chi connectivity index (χ3n) is 5.84. The summed E-state index contributed by atoms with van der Waals surface area (Å²) in [5.41, 5.74) is 1.37. The zero-order chi connectivity index (χ0) is 26.0. The predicted molar refractivity (Wildman–Crippen MR) is 137 cm³/mol. The van der Waals surface area contributed by atoms with E-state index >= 15 is 0 Å². The molecule has 0 saturated carbocycles. The molecule has 3 aromatic rings. The number of imide groups is 1. The molecule has 9 nitrogen and oxygen atoms in total. The van der Waals surface area contributed by atoms with Gasteiger partial charge in [0.2, 0.25) is 0 Å². The largest absolute Gasteiger partial charge is 0.491 e. The normalized spacial score (nSPS) is 17.4. The first-order chi connectivity index (χ1) is 17.2. The Balaban J connectivity index is 1.55. The molecule has 11 heteroatoms. The van der Waals surface area contributed by atoms with Gasteiger partial charge in [-0.05, 0) is 64.4 Å². The molecular weight excluding hydrogens is 582 g/mol. The highest BCUT2D eigenvalue weighted by atomic mass is 127. The van der Waals surface area contributed by atoms with Crippen LogP contribution in [0.25, 0.3) is 11.3 Å². The Morgan fingerprint density at radius 3 is 2.56 bits per heavy atom. The molecule has 190 valence electrons. The minimum absolute atomic E-state index is 0.0734. The lowest BCUT2D eigenvalue weighted by atomic mass is 10.0. The summed E-state index contributed by atoms with van der Waals surface area (Å²) in [6, 6.07) is 9.28. The molecule has 1 fully saturated rings. The van der Waals surface area contributed by atoms with Gasteiger partial charge in [0.1, 0.15) is 42.2 Å². The standard InChI is InChI=1S/C25H26FIN4O5/c1-13(2)22(23-28-10-20(29-23)18-8-5-15(27)9-19(18)26)31-24(34)21(30-25(31)35)14-3-6-17(7-4-14)36-12-16(33)11-32/h3-10,13,16,21-22,32-33H,11-12H2,1-2H3,(H,28,29)(H,30,35)/t16-,21-,22+/m1/s1. The van der Waals surface area contributed by atoms with Gasteiger partial charge in [-0.2, -0.15) is 0 Å². The number of nitrogens with zero attached hydrogens (tertiary/aromatic N) is 2. The molecule has 1 aliphatic heterocycles. The van der Waals surface area contributed by atoms with Crippen LogP contribution in [0, 0.1) is 15.3 Å². The van der Waals surface area contributed by atoms with Gasteiger partial charge in [0.05, 0.1) is 18.5 Å². The minimum atomic E-state index is -0.994. The van der Waals surface area contributed by atoms with E-state index in [9.17, 15) is 19.1 Å². The predicted octanol–water partition coefficient (Wildman–Crippen LogP) is 3.54. The van der Waals surface area contributed by atoms with Crippen molar-refractivity contribution in [3.63, 3.8) is 0 Å². The highest BCUT2D eigenvalue weighted by molar-refractivity contribution is 14.1. The molecule has 36 heavy (non-hydrogen) atoms. The topological polar surface area (TPSA) is 128 Å². The summed E-state index contributed by atoms with van der Waals surface area (Å²) in [6.07, 6.45) is 0.504. The van der Waals surface area contributed by atoms with Crippen LogP contribution < -0.4 is 10.1 Å². The van der Waals surface area contributed by atoms with E-state index in [0.29, 0.717) is 28.4 Å². The van der Waals surface area contributed by atoms with Crippen molar-refractivity contribution in [2.24, 2.45) is 5.92 Å². The second-order valence-corrected chi connectivity index (χ2v) is 10.0. The van der Waals surface area contributed by atoms with Crippen molar-refractivity contribution in [1.82, 2.24) is 20.2 Å². The minimum Gasteiger partial charge on any atom is -0.491 e. The molecule has 0 radical (unpaired) electrons. The van der Waals surface area contributed by atoms with Crippen LogP contribution >= 0.6 is 22.6 Å². The highest BCUT2D eigenvalue weighted by Crippen LogP contribution is 2.35. The van der Waals surface area contributed by atoms with Gasteiger partial charge in [0, 0.05) is 9.13 Å². The van der Waals surface area contributed by atoms with Gasteiger partial charge >= 0.3 is 6.03 Å². The Morgan fingerprint density at radius 2 is 1.92 bits per heavy atom. The molecule has 0 unspecified atom stereocenters. The lowest BCUT2D eigenvalue weighted by Gasteiger charge is -2.27. The number of imidazole rings is 1. The fourth-order valence-corrected chi connectivity index (χ4v) is 4.51. The number of rotatable bonds is 9. The second-order valence-electron chi connectivity index (χ2n) is 8.80. The van der Waals surface area contributed by atoms with Crippen molar-refractivity contribution >= 4 is 34.5 Å². The van der Waals surface area contributed by atoms with Crippen LogP contribution in [0.3, 0.4) is 0 Å². The number of halogens is 2. The van der Waals surface area contributed by atoms with Crippen molar-refractivity contribution in [3.8, 4) is 17.0 Å². The molecule has 2 heterocycles. The summed E-state index contributed by atoms with van der Waals surface area (Å²) in [6.45, 7) is 3.26. The van der Waals surface area contributed by atoms with E-state index in [0.717, 1.165) is 8.47 Å². The zero-order valence-electron chi connectivity index (χ0n) is 19.6. The third kappa shape index (κ3) is 5.37. The number of H-pyrrole nitrogens is 1. The number of aliphatic hydroxyl groups excluding tert-OH is 2. The monoisotopic (exact) mass is 608 g/mol. The van der Waals surface area contributed by atoms with Crippen molar-refractivity contribution in [2.75, 3.05) is 13.2 Å². The molecule has 2 aromatic carbocycles. The number of hydrogen-bond donors (Lipinski definition) is 4. The summed E-state index contributed by atoms with van der Waals surface area (Å²) < 4.78 is 20.6. The number of carbonyl (C=O) groups is 2. The van der Waals surface area contributed by atoms with Crippen LogP contribution in [-0.2, 0) is 4.79 Å². The first kappa shape index (κ1) is 26.0. The number of aromatic nitrogens is 2. The fraction of sp³-hybridized carbons (Fsp3) is 0.320. The SMILES string of the molecule is CC(C)[C@@H](c1ncc(-c2ccc(I)cc2F)[nH]1)N1C(=O)N[C@H](c2ccc(OC[C@H](O)CO)cc2)C1=O. The summed E-state index contributed by atoms with van der Waals surface area (Å²) in [5.74, 6) is -0.167. The molecular formula is C25H26FIN4O5. The van der Waals surface area contributed by atoms with E-state index in [1.807, 2.05) is 36.4 Å². The molecule has 4 N–H and O–H groups in total. The van der Waals surface area contributed by atoms with Gasteiger partial charge in [-0.15, -0.1) is 0 Å². The average molecular weight is 608 g/mol. The van der Waals surface area contributed by atoms with Crippen molar-refractivity contribution < 1.29 is 28.9 Å². The van der Waals surface area contributed by atoms with Gasteiger partial charge in [-0.1, -0.05) is 26.0 Å². The van der Waals surface area contributed by atoms with Crippen molar-refractivity contribution in [2.45, 2.75) is 32.0 Å². The maximum Gasteiger partial charge on any atom is 0.325 e. The number of nitrogens with one attached hydrogen (secondary N) is 2. The Labute approximate surface area is 220 Å². The number of urea groups is 1. The first-order valence-electron chi connectivity index (χ1n) is 11.3. The number of carbonyl (C=O) groups excluding carboxylic acids is 2. The maximum absolute atomic E-state index is 14.5. The summed E-state index contributed by atoms with van der Waals surface area (Å²) >= 11 is 2.03. The van der Waals surface area contributed by atoms with E-state index in [4.69, 9.17) is 9.84 Å². The number of aliphatic hydroxyl groups is 2. The lowest BCUT2D eigenvalue weighted by molar-refractivity contribution is -0.130. The Kier molecular flexibility index (Phi) is 7.91. The molecule has 3 atom stereocenters. The number of amides is 3. The molecule has 1 aromatic heterocycles. The van der Waals surface area contributed by atoms with Crippen LogP contribution in [0.4, 0.5) is 9.18 Å². The molecule has 0 bridgehead atoms. The number of aromatic amines is 1. The Bertz CT molecular complexity index is 1250. The van der Waals surface area contributed by atoms with E-state index in [2.05, 4.69) is 15.3 Å². The summed E-state index contributed by atoms with van der Waals surface area (Å²) in [5, 5.41) is 21.0. The van der Waals surface area contributed by atoms with Gasteiger partial charge in [-0.3, -0.25) is 9.69 Å². The van der Waals surface area contributed by atoms with Crippen LogP contribution in [0.2, 0.25) is 0 Å². The van der Waals surface area contributed by atoms with Gasteiger partial charge in [-0.25, -0.2) is 14.2 Å². The highest BCUT2D eigenvalue weighted by Gasteiger charge is 2.45. The van der Waals surface area contributed by atoms with Crippen LogP contribution in [-0.4, -0.2) is 56.3 Å². The maximum atomic E-state index is 14.5. The van der Waals surface area contributed by atoms with Crippen LogP contribution in [0.15, 0.2) is 48.7 Å². The van der Waals surface area contributed by atoms with Gasteiger partial charge in [0.15, 0.2) is 0 Å². The molecule has 4 rings (SSSR count). The molecule has 0 aliphatic carbocycles. The quantitative estimate of drug-likeness (QED) is 0.218. The van der Waals surface area contributed by atoms with E-state index in [1.54, 1.807) is 36.4 Å². The Morgan fingerprint density at radius 1 is 1.19 bits per heavy atom. The van der Waals surface area contributed by atoms with Gasteiger partial charge in [0.25, 0.3) is 5.91 Å². The fourth-order valence-electron chi connectivity index (χ4n) is 4.05. The average Bonchev–Trinajstić information content (AvgIpc) is 3.43. The Hall–Kier alpha value is -3.03. The zero-order valence-corrected chi connectivity index (χ0v) is 21.8. The number of ether oxygens (including phenoxy) is 1. The van der Waals surface area contributed by atoms with E-state index in [1.165, 1.54) is 12.3 Å². The molecule has 0 spiro atoms. The van der Waals surface area contributed by atoms with E-state index < -0.39 is 42.6 Å². The third-order valence-corrected chi connectivity index (χ3v) is 6.52. The number of benzene rings is 2. The summed E-state index contributed by atoms with van der Waals surface area (Å²) in [7, 11) is 0. The molecule has 1 saturated heterocycles. The van der Waals surface area contributed by atoms with Crippen molar-refractivity contribution in [3.05, 3.63) is 69.4 Å². The molecule has 1 aliphatic rings. The first-order valence-corrected chi connectivity index (χ1v) is 12.4. The van der Waals surface area contributed by atoms with Gasteiger partial charge < -0.3 is 25.3 Å². The second kappa shape index (κ2) is 10.9. The summed E-state index contributed by atoms with van der Waals surface area (Å²) in [4.78, 5) is 35.0.